The second kappa shape index (κ2) is 8.78. The molecule has 0 bridgehead atoms. The summed E-state index contributed by atoms with van der Waals surface area (Å²) in [4.78, 5) is 14.2. The summed E-state index contributed by atoms with van der Waals surface area (Å²) in [6.45, 7) is 6.98. The largest absolute Gasteiger partial charge is 0.338 e. The number of amides is 1. The third-order valence-electron chi connectivity index (χ3n) is 3.67. The van der Waals surface area contributed by atoms with Crippen LogP contribution >= 0.6 is 0 Å². The lowest BCUT2D eigenvalue weighted by Gasteiger charge is -2.25. The smallest absolute Gasteiger partial charge is 0.225 e. The van der Waals surface area contributed by atoms with Crippen LogP contribution in [0.25, 0.3) is 0 Å². The van der Waals surface area contributed by atoms with Gasteiger partial charge >= 0.3 is 0 Å². The van der Waals surface area contributed by atoms with E-state index in [2.05, 4.69) is 0 Å². The van der Waals surface area contributed by atoms with Crippen molar-refractivity contribution in [1.82, 2.24) is 4.90 Å². The quantitative estimate of drug-likeness (QED) is 0.799. The van der Waals surface area contributed by atoms with E-state index in [1.165, 1.54) is 12.1 Å². The van der Waals surface area contributed by atoms with E-state index in [1.54, 1.807) is 11.0 Å². The Labute approximate surface area is 127 Å². The SMILES string of the molecule is CCN(Cc1cccc(F)c1)C(=O)C(C)CCCC(C)N. The van der Waals surface area contributed by atoms with Gasteiger partial charge in [0, 0.05) is 25.0 Å². The molecule has 0 fully saturated rings. The van der Waals surface area contributed by atoms with E-state index in [0.29, 0.717) is 13.1 Å². The van der Waals surface area contributed by atoms with Crippen LogP contribution in [-0.2, 0) is 11.3 Å². The van der Waals surface area contributed by atoms with Crippen LogP contribution in [0, 0.1) is 11.7 Å². The predicted octanol–water partition coefficient (Wildman–Crippen LogP) is 3.33. The van der Waals surface area contributed by atoms with Crippen LogP contribution in [0.3, 0.4) is 0 Å². The highest BCUT2D eigenvalue weighted by molar-refractivity contribution is 5.78. The molecular formula is C17H27FN2O. The molecule has 0 saturated heterocycles. The van der Waals surface area contributed by atoms with Crippen molar-refractivity contribution in [2.75, 3.05) is 6.54 Å². The molecule has 0 aliphatic carbocycles. The van der Waals surface area contributed by atoms with Gasteiger partial charge in [-0.2, -0.15) is 0 Å². The molecule has 2 atom stereocenters. The number of nitrogens with two attached hydrogens (primary N) is 1. The Kier molecular flexibility index (Phi) is 7.37. The molecule has 118 valence electrons. The minimum atomic E-state index is -0.263. The maximum atomic E-state index is 13.2. The van der Waals surface area contributed by atoms with Crippen LogP contribution in [0.15, 0.2) is 24.3 Å². The number of rotatable bonds is 8. The van der Waals surface area contributed by atoms with Gasteiger partial charge in [-0.25, -0.2) is 4.39 Å². The zero-order valence-corrected chi connectivity index (χ0v) is 13.3. The van der Waals surface area contributed by atoms with Crippen molar-refractivity contribution in [3.8, 4) is 0 Å². The van der Waals surface area contributed by atoms with Gasteiger partial charge in [0.2, 0.25) is 5.91 Å². The van der Waals surface area contributed by atoms with E-state index in [4.69, 9.17) is 5.73 Å². The number of nitrogens with zero attached hydrogens (tertiary/aromatic N) is 1. The Balaban J connectivity index is 2.56. The van der Waals surface area contributed by atoms with Crippen LogP contribution in [0.4, 0.5) is 4.39 Å². The minimum Gasteiger partial charge on any atom is -0.338 e. The fraction of sp³-hybridized carbons (Fsp3) is 0.588. The first-order chi connectivity index (χ1) is 9.93. The van der Waals surface area contributed by atoms with Gasteiger partial charge in [0.05, 0.1) is 0 Å². The fourth-order valence-corrected chi connectivity index (χ4v) is 2.38. The summed E-state index contributed by atoms with van der Waals surface area (Å²) in [6, 6.07) is 6.60. The Bertz CT molecular complexity index is 448. The molecule has 1 aromatic carbocycles. The van der Waals surface area contributed by atoms with Crippen LogP contribution in [0.5, 0.6) is 0 Å². The number of hydrogen-bond donors (Lipinski definition) is 1. The molecule has 1 rings (SSSR count). The van der Waals surface area contributed by atoms with Gasteiger partial charge in [0.25, 0.3) is 0 Å². The standard InChI is InChI=1S/C17H27FN2O/c1-4-20(12-15-9-6-10-16(18)11-15)17(21)13(2)7-5-8-14(3)19/h6,9-11,13-14H,4-5,7-8,12,19H2,1-3H3. The van der Waals surface area contributed by atoms with E-state index in [9.17, 15) is 9.18 Å². The van der Waals surface area contributed by atoms with E-state index in [1.807, 2.05) is 26.8 Å². The fourth-order valence-electron chi connectivity index (χ4n) is 2.38. The molecule has 1 amide bonds. The van der Waals surface area contributed by atoms with Crippen molar-refractivity contribution in [1.29, 1.82) is 0 Å². The maximum absolute atomic E-state index is 13.2. The van der Waals surface area contributed by atoms with Crippen molar-refractivity contribution in [2.24, 2.45) is 11.7 Å². The lowest BCUT2D eigenvalue weighted by atomic mass is 10.0. The molecule has 1 aromatic rings. The average Bonchev–Trinajstić information content (AvgIpc) is 2.43. The normalized spacial score (nSPS) is 13.8. The molecule has 2 N–H and O–H groups in total. The van der Waals surface area contributed by atoms with Crippen molar-refractivity contribution in [2.45, 2.75) is 52.6 Å². The Morgan fingerprint density at radius 2 is 2.05 bits per heavy atom. The molecule has 2 unspecified atom stereocenters. The number of halogens is 1. The van der Waals surface area contributed by atoms with Crippen molar-refractivity contribution in [3.05, 3.63) is 35.6 Å². The molecule has 0 aromatic heterocycles. The lowest BCUT2D eigenvalue weighted by molar-refractivity contribution is -0.135. The van der Waals surface area contributed by atoms with Gasteiger partial charge in [0.15, 0.2) is 0 Å². The number of benzene rings is 1. The Morgan fingerprint density at radius 1 is 1.33 bits per heavy atom. The van der Waals surface area contributed by atoms with Crippen molar-refractivity contribution < 1.29 is 9.18 Å². The summed E-state index contributed by atoms with van der Waals surface area (Å²) in [6.07, 6.45) is 2.75. The van der Waals surface area contributed by atoms with Crippen LogP contribution < -0.4 is 5.73 Å². The molecule has 3 nitrogen and oxygen atoms in total. The Morgan fingerprint density at radius 3 is 2.62 bits per heavy atom. The highest BCUT2D eigenvalue weighted by Gasteiger charge is 2.19. The zero-order valence-electron chi connectivity index (χ0n) is 13.3. The first-order valence-electron chi connectivity index (χ1n) is 7.72. The number of carbonyl (C=O) groups excluding carboxylic acids is 1. The molecule has 0 aliphatic heterocycles. The van der Waals surface area contributed by atoms with Gasteiger partial charge in [-0.15, -0.1) is 0 Å². The Hall–Kier alpha value is -1.42. The van der Waals surface area contributed by atoms with Gasteiger partial charge in [-0.1, -0.05) is 25.5 Å². The third kappa shape index (κ3) is 6.25. The van der Waals surface area contributed by atoms with Crippen molar-refractivity contribution >= 4 is 5.91 Å². The van der Waals surface area contributed by atoms with Crippen LogP contribution in [-0.4, -0.2) is 23.4 Å². The highest BCUT2D eigenvalue weighted by Crippen LogP contribution is 2.15. The van der Waals surface area contributed by atoms with E-state index in [0.717, 1.165) is 24.8 Å². The summed E-state index contributed by atoms with van der Waals surface area (Å²) in [7, 11) is 0. The van der Waals surface area contributed by atoms with Crippen LogP contribution in [0.2, 0.25) is 0 Å². The van der Waals surface area contributed by atoms with Gasteiger partial charge in [-0.05, 0) is 44.4 Å². The molecule has 0 saturated carbocycles. The second-order valence-electron chi connectivity index (χ2n) is 5.79. The summed E-state index contributed by atoms with van der Waals surface area (Å²) in [5, 5.41) is 0. The van der Waals surface area contributed by atoms with Gasteiger partial charge < -0.3 is 10.6 Å². The molecule has 4 heteroatoms. The monoisotopic (exact) mass is 294 g/mol. The molecule has 0 heterocycles. The van der Waals surface area contributed by atoms with Gasteiger partial charge in [-0.3, -0.25) is 4.79 Å². The molecule has 0 aliphatic rings. The minimum absolute atomic E-state index is 0.0164. The number of carbonyl (C=O) groups is 1. The molecule has 21 heavy (non-hydrogen) atoms. The van der Waals surface area contributed by atoms with Gasteiger partial charge in [0.1, 0.15) is 5.82 Å². The first kappa shape index (κ1) is 17.6. The lowest BCUT2D eigenvalue weighted by Crippen LogP contribution is -2.34. The van der Waals surface area contributed by atoms with Crippen LogP contribution in [0.1, 0.15) is 45.6 Å². The predicted molar refractivity (Wildman–Crippen MR) is 84.2 cm³/mol. The summed E-state index contributed by atoms with van der Waals surface area (Å²) in [5.41, 5.74) is 6.55. The summed E-state index contributed by atoms with van der Waals surface area (Å²) in [5.74, 6) is -0.148. The first-order valence-corrected chi connectivity index (χ1v) is 7.72. The van der Waals surface area contributed by atoms with E-state index in [-0.39, 0.29) is 23.7 Å². The molecular weight excluding hydrogens is 267 g/mol. The van der Waals surface area contributed by atoms with E-state index >= 15 is 0 Å². The molecule has 0 radical (unpaired) electrons. The topological polar surface area (TPSA) is 46.3 Å². The highest BCUT2D eigenvalue weighted by atomic mass is 19.1. The van der Waals surface area contributed by atoms with Crippen molar-refractivity contribution in [3.63, 3.8) is 0 Å². The number of hydrogen-bond acceptors (Lipinski definition) is 2. The zero-order chi connectivity index (χ0) is 15.8. The molecule has 0 spiro atoms. The summed E-state index contributed by atoms with van der Waals surface area (Å²) < 4.78 is 13.2. The maximum Gasteiger partial charge on any atom is 0.225 e. The summed E-state index contributed by atoms with van der Waals surface area (Å²) >= 11 is 0. The third-order valence-corrected chi connectivity index (χ3v) is 3.67. The van der Waals surface area contributed by atoms with E-state index < -0.39 is 0 Å². The average molecular weight is 294 g/mol. The second-order valence-corrected chi connectivity index (χ2v) is 5.79.